The van der Waals surface area contributed by atoms with Crippen LogP contribution >= 0.6 is 0 Å². The lowest BCUT2D eigenvalue weighted by atomic mass is 9.92. The summed E-state index contributed by atoms with van der Waals surface area (Å²) in [7, 11) is 0. The molecule has 10 aromatic rings. The molecule has 0 N–H and O–H groups in total. The second-order valence-electron chi connectivity index (χ2n) is 13.9. The topological polar surface area (TPSA) is 48.5 Å². The Kier molecular flexibility index (Phi) is 7.25. The summed E-state index contributed by atoms with van der Waals surface area (Å²) in [5.41, 5.74) is 11.1. The summed E-state index contributed by atoms with van der Waals surface area (Å²) in [5, 5.41) is 4.65. The fraction of sp³-hybridized carbons (Fsp3) is 0.0625. The number of para-hydroxylation sites is 2. The van der Waals surface area contributed by atoms with Crippen LogP contribution in [0.25, 0.3) is 89.2 Å². The van der Waals surface area contributed by atoms with Crippen LogP contribution in [0.2, 0.25) is 0 Å². The van der Waals surface area contributed by atoms with E-state index in [1.807, 2.05) is 36.4 Å². The smallest absolute Gasteiger partial charge is 0.238 e. The highest BCUT2D eigenvalue weighted by atomic mass is 15.2. The highest BCUT2D eigenvalue weighted by molar-refractivity contribution is 6.23. The Morgan fingerprint density at radius 2 is 0.925 bits per heavy atom. The maximum absolute atomic E-state index is 5.25. The Morgan fingerprint density at radius 3 is 1.55 bits per heavy atom. The van der Waals surface area contributed by atoms with Gasteiger partial charge < -0.3 is 4.57 Å². The van der Waals surface area contributed by atoms with E-state index in [1.165, 1.54) is 27.5 Å². The summed E-state index contributed by atoms with van der Waals surface area (Å²) >= 11 is 0. The number of nitrogens with zero attached hydrogens (tertiary/aromatic N) is 5. The highest BCUT2D eigenvalue weighted by Gasteiger charge is 2.23. The fourth-order valence-electron chi connectivity index (χ4n) is 7.95. The van der Waals surface area contributed by atoms with Crippen molar-refractivity contribution in [2.75, 3.05) is 0 Å². The molecule has 0 spiro atoms. The molecule has 0 fully saturated rings. The van der Waals surface area contributed by atoms with Gasteiger partial charge in [-0.3, -0.25) is 4.57 Å². The quantitative estimate of drug-likeness (QED) is 0.175. The van der Waals surface area contributed by atoms with Crippen molar-refractivity contribution >= 4 is 43.6 Å². The van der Waals surface area contributed by atoms with Gasteiger partial charge in [0.1, 0.15) is 0 Å². The second-order valence-corrected chi connectivity index (χ2v) is 13.9. The summed E-state index contributed by atoms with van der Waals surface area (Å²) in [6.07, 6.45) is 0. The van der Waals surface area contributed by atoms with Crippen LogP contribution in [-0.2, 0) is 0 Å². The van der Waals surface area contributed by atoms with Gasteiger partial charge >= 0.3 is 0 Å². The van der Waals surface area contributed by atoms with Gasteiger partial charge in [-0.05, 0) is 46.9 Å². The maximum atomic E-state index is 5.25. The van der Waals surface area contributed by atoms with E-state index in [0.717, 1.165) is 49.7 Å². The zero-order valence-corrected chi connectivity index (χ0v) is 29.5. The van der Waals surface area contributed by atoms with Crippen LogP contribution in [0, 0.1) is 0 Å². The van der Waals surface area contributed by atoms with Crippen LogP contribution in [0.1, 0.15) is 25.3 Å². The van der Waals surface area contributed by atoms with Crippen molar-refractivity contribution in [1.82, 2.24) is 24.1 Å². The molecule has 0 saturated heterocycles. The predicted octanol–water partition coefficient (Wildman–Crippen LogP) is 12.2. The van der Waals surface area contributed by atoms with Gasteiger partial charge in [-0.1, -0.05) is 159 Å². The SMILES string of the molecule is CC(C)c1ccccc1-c1cccc(-n2c3ccccc3c3ccc4c5ccccc5n(-c5nc(-c6ccccc6)nc(-c6ccccc6)n5)c4c32)c1. The fourth-order valence-corrected chi connectivity index (χ4v) is 7.95. The molecule has 7 aromatic carbocycles. The molecule has 0 aliphatic carbocycles. The molecule has 10 rings (SSSR count). The number of aromatic nitrogens is 5. The summed E-state index contributed by atoms with van der Waals surface area (Å²) in [6.45, 7) is 4.53. The van der Waals surface area contributed by atoms with Gasteiger partial charge in [-0.15, -0.1) is 0 Å². The van der Waals surface area contributed by atoms with E-state index in [2.05, 4.69) is 156 Å². The van der Waals surface area contributed by atoms with Crippen molar-refractivity contribution in [3.63, 3.8) is 0 Å². The third kappa shape index (κ3) is 5.04. The number of rotatable bonds is 6. The molecule has 0 radical (unpaired) electrons. The third-order valence-corrected chi connectivity index (χ3v) is 10.4. The molecule has 0 aliphatic rings. The first kappa shape index (κ1) is 30.9. The molecule has 0 atom stereocenters. The average Bonchev–Trinajstić information content (AvgIpc) is 3.75. The molecule has 0 bridgehead atoms. The lowest BCUT2D eigenvalue weighted by molar-refractivity contribution is 0.869. The van der Waals surface area contributed by atoms with Crippen molar-refractivity contribution in [3.05, 3.63) is 175 Å². The molecule has 0 unspecified atom stereocenters. The van der Waals surface area contributed by atoms with Crippen molar-refractivity contribution < 1.29 is 0 Å². The summed E-state index contributed by atoms with van der Waals surface area (Å²) in [6, 6.07) is 59.9. The lowest BCUT2D eigenvalue weighted by Crippen LogP contribution is -2.07. The van der Waals surface area contributed by atoms with Gasteiger partial charge in [-0.2, -0.15) is 9.97 Å². The van der Waals surface area contributed by atoms with E-state index in [0.29, 0.717) is 23.5 Å². The van der Waals surface area contributed by atoms with Crippen LogP contribution in [0.4, 0.5) is 0 Å². The van der Waals surface area contributed by atoms with Crippen molar-refractivity contribution in [2.24, 2.45) is 0 Å². The molecular formula is C48H35N5. The Morgan fingerprint density at radius 1 is 0.415 bits per heavy atom. The van der Waals surface area contributed by atoms with Gasteiger partial charge in [0, 0.05) is 38.4 Å². The van der Waals surface area contributed by atoms with Gasteiger partial charge in [0.2, 0.25) is 5.95 Å². The Balaban J connectivity index is 1.33. The first-order chi connectivity index (χ1) is 26.1. The largest absolute Gasteiger partial charge is 0.307 e. The zero-order valence-electron chi connectivity index (χ0n) is 29.5. The number of hydrogen-bond acceptors (Lipinski definition) is 3. The van der Waals surface area contributed by atoms with Crippen molar-refractivity contribution in [2.45, 2.75) is 19.8 Å². The number of benzene rings is 7. The molecule has 0 amide bonds. The molecule has 0 saturated carbocycles. The second kappa shape index (κ2) is 12.4. The minimum Gasteiger partial charge on any atom is -0.307 e. The Bertz CT molecular complexity index is 2920. The standard InChI is InChI=1S/C48H35N5/c1-31(2)36-22-9-10-23-37(36)34-20-15-21-35(30-34)52-42-26-13-11-24-38(42)40-28-29-41-39-25-12-14-27-43(39)53(45(41)44(40)52)48-50-46(32-16-5-3-6-17-32)49-47(51-48)33-18-7-4-8-19-33/h3-31H,1-2H3. The lowest BCUT2D eigenvalue weighted by Gasteiger charge is -2.16. The summed E-state index contributed by atoms with van der Waals surface area (Å²) in [5.74, 6) is 2.24. The first-order valence-electron chi connectivity index (χ1n) is 18.2. The van der Waals surface area contributed by atoms with Gasteiger partial charge in [0.25, 0.3) is 0 Å². The average molecular weight is 682 g/mol. The van der Waals surface area contributed by atoms with Crippen molar-refractivity contribution in [3.8, 4) is 45.5 Å². The van der Waals surface area contributed by atoms with Gasteiger partial charge in [0.05, 0.1) is 22.1 Å². The summed E-state index contributed by atoms with van der Waals surface area (Å²) in [4.78, 5) is 15.5. The minimum atomic E-state index is 0.403. The molecule has 5 heteroatoms. The molecule has 252 valence electrons. The monoisotopic (exact) mass is 681 g/mol. The van der Waals surface area contributed by atoms with E-state index < -0.39 is 0 Å². The first-order valence-corrected chi connectivity index (χ1v) is 18.2. The van der Waals surface area contributed by atoms with E-state index in [9.17, 15) is 0 Å². The van der Waals surface area contributed by atoms with Crippen molar-refractivity contribution in [1.29, 1.82) is 0 Å². The minimum absolute atomic E-state index is 0.403. The highest BCUT2D eigenvalue weighted by Crippen LogP contribution is 2.42. The van der Waals surface area contributed by atoms with Gasteiger partial charge in [0.15, 0.2) is 11.6 Å². The number of fused-ring (bicyclic) bond motifs is 7. The third-order valence-electron chi connectivity index (χ3n) is 10.4. The Hall–Kier alpha value is -6.85. The Labute approximate surface area is 307 Å². The summed E-state index contributed by atoms with van der Waals surface area (Å²) < 4.78 is 4.68. The van der Waals surface area contributed by atoms with Crippen LogP contribution in [0.5, 0.6) is 0 Å². The maximum Gasteiger partial charge on any atom is 0.238 e. The van der Waals surface area contributed by atoms with E-state index >= 15 is 0 Å². The molecule has 53 heavy (non-hydrogen) atoms. The predicted molar refractivity (Wildman–Crippen MR) is 219 cm³/mol. The van der Waals surface area contributed by atoms with E-state index in [4.69, 9.17) is 15.0 Å². The molecule has 3 heterocycles. The normalized spacial score (nSPS) is 11.8. The zero-order chi connectivity index (χ0) is 35.5. The van der Waals surface area contributed by atoms with Crippen LogP contribution in [0.3, 0.4) is 0 Å². The number of hydrogen-bond donors (Lipinski definition) is 0. The molecule has 5 nitrogen and oxygen atoms in total. The molecular weight excluding hydrogens is 647 g/mol. The van der Waals surface area contributed by atoms with Crippen LogP contribution in [0.15, 0.2) is 170 Å². The van der Waals surface area contributed by atoms with Gasteiger partial charge in [-0.25, -0.2) is 4.98 Å². The molecule has 0 aliphatic heterocycles. The molecule has 3 aromatic heterocycles. The van der Waals surface area contributed by atoms with Crippen LogP contribution < -0.4 is 0 Å². The van der Waals surface area contributed by atoms with E-state index in [1.54, 1.807) is 0 Å². The van der Waals surface area contributed by atoms with Crippen LogP contribution in [-0.4, -0.2) is 24.1 Å². The van der Waals surface area contributed by atoms with E-state index in [-0.39, 0.29) is 0 Å².